The van der Waals surface area contributed by atoms with Gasteiger partial charge in [0.2, 0.25) is 0 Å². The van der Waals surface area contributed by atoms with Crippen molar-refractivity contribution in [1.29, 1.82) is 0 Å². The number of nitrogens with zero attached hydrogens (tertiary/aromatic N) is 4. The summed E-state index contributed by atoms with van der Waals surface area (Å²) in [5.41, 5.74) is 1.26. The van der Waals surface area contributed by atoms with E-state index in [1.165, 1.54) is 18.5 Å². The monoisotopic (exact) mass is 348 g/mol. The quantitative estimate of drug-likeness (QED) is 0.800. The maximum Gasteiger partial charge on any atom is 0.118 e. The second kappa shape index (κ2) is 7.31. The molecule has 0 radical (unpaired) electrons. The van der Waals surface area contributed by atoms with Crippen LogP contribution >= 0.6 is 11.3 Å². The van der Waals surface area contributed by atoms with Crippen LogP contribution in [0.4, 0.5) is 0 Å². The number of aromatic nitrogens is 3. The molecule has 2 aliphatic rings. The van der Waals surface area contributed by atoms with Crippen molar-refractivity contribution in [2.75, 3.05) is 19.8 Å². The van der Waals surface area contributed by atoms with Crippen molar-refractivity contribution in [3.8, 4) is 0 Å². The molecule has 6 nitrogen and oxygen atoms in total. The van der Waals surface area contributed by atoms with Crippen LogP contribution in [-0.4, -0.2) is 51.3 Å². The molecule has 4 rings (SSSR count). The molecule has 1 saturated carbocycles. The first-order valence-corrected chi connectivity index (χ1v) is 9.46. The first-order valence-electron chi connectivity index (χ1n) is 8.58. The van der Waals surface area contributed by atoms with Gasteiger partial charge < -0.3 is 14.0 Å². The molecule has 2 aromatic heterocycles. The van der Waals surface area contributed by atoms with Crippen molar-refractivity contribution >= 4 is 11.3 Å². The Labute approximate surface area is 146 Å². The third-order valence-corrected chi connectivity index (χ3v) is 5.91. The summed E-state index contributed by atoms with van der Waals surface area (Å²) in [6.07, 6.45) is 8.33. The second-order valence-electron chi connectivity index (χ2n) is 6.65. The Morgan fingerprint density at radius 1 is 1.42 bits per heavy atom. The highest BCUT2D eigenvalue weighted by atomic mass is 32.1. The summed E-state index contributed by atoms with van der Waals surface area (Å²) in [7, 11) is 2.06. The van der Waals surface area contributed by atoms with Gasteiger partial charge in [-0.05, 0) is 12.8 Å². The highest BCUT2D eigenvalue weighted by Gasteiger charge is 2.42. The first kappa shape index (κ1) is 16.2. The number of imidazole rings is 1. The van der Waals surface area contributed by atoms with Crippen molar-refractivity contribution in [1.82, 2.24) is 19.4 Å². The molecule has 2 fully saturated rings. The molecule has 7 heteroatoms. The number of thiazole rings is 1. The maximum absolute atomic E-state index is 6.12. The summed E-state index contributed by atoms with van der Waals surface area (Å²) < 4.78 is 14.1. The molecule has 2 aromatic rings. The third-order valence-electron chi connectivity index (χ3n) is 5.16. The molecule has 1 saturated heterocycles. The van der Waals surface area contributed by atoms with Gasteiger partial charge in [0.05, 0.1) is 37.9 Å². The van der Waals surface area contributed by atoms with Crippen LogP contribution in [0.2, 0.25) is 0 Å². The fourth-order valence-corrected chi connectivity index (χ4v) is 4.43. The van der Waals surface area contributed by atoms with Crippen molar-refractivity contribution in [2.45, 2.75) is 38.1 Å². The topological polar surface area (TPSA) is 52.4 Å². The number of morpholine rings is 1. The molecular weight excluding hydrogens is 324 g/mol. The lowest BCUT2D eigenvalue weighted by atomic mass is 10.0. The maximum atomic E-state index is 6.12. The van der Waals surface area contributed by atoms with Crippen LogP contribution in [0.15, 0.2) is 24.1 Å². The molecule has 0 amide bonds. The van der Waals surface area contributed by atoms with Gasteiger partial charge in [-0.25, -0.2) is 9.97 Å². The second-order valence-corrected chi connectivity index (χ2v) is 7.63. The highest BCUT2D eigenvalue weighted by Crippen LogP contribution is 2.35. The van der Waals surface area contributed by atoms with Crippen LogP contribution in [0, 0.1) is 5.92 Å². The zero-order valence-electron chi connectivity index (χ0n) is 14.0. The number of hydrogen-bond donors (Lipinski definition) is 0. The van der Waals surface area contributed by atoms with Crippen LogP contribution in [-0.2, 0) is 29.7 Å². The summed E-state index contributed by atoms with van der Waals surface area (Å²) in [5, 5.41) is 3.04. The van der Waals surface area contributed by atoms with E-state index in [0.29, 0.717) is 24.7 Å². The first-order chi connectivity index (χ1) is 11.8. The van der Waals surface area contributed by atoms with Gasteiger partial charge in [0.15, 0.2) is 0 Å². The summed E-state index contributed by atoms with van der Waals surface area (Å²) in [4.78, 5) is 11.1. The predicted octanol–water partition coefficient (Wildman–Crippen LogP) is 2.07. The Kier molecular flexibility index (Phi) is 4.93. The normalized spacial score (nSPS) is 27.5. The smallest absolute Gasteiger partial charge is 0.118 e. The van der Waals surface area contributed by atoms with Gasteiger partial charge in [-0.15, -0.1) is 11.3 Å². The van der Waals surface area contributed by atoms with Gasteiger partial charge in [-0.2, -0.15) is 0 Å². The molecule has 24 heavy (non-hydrogen) atoms. The van der Waals surface area contributed by atoms with Crippen molar-refractivity contribution in [3.05, 3.63) is 34.8 Å². The van der Waals surface area contributed by atoms with Crippen molar-refractivity contribution in [2.24, 2.45) is 13.0 Å². The van der Waals surface area contributed by atoms with E-state index in [0.717, 1.165) is 31.3 Å². The standard InChI is InChI=1S/C17H24N4O2S/c1-20-12-18-8-14(20)9-21-5-6-23-17-13(2-3-15(17)21)10-22-11-16-19-4-7-24-16/h4,7-8,12-13,15,17H,2-3,5-6,9-11H2,1H3/t13-,15-,17+/m0/s1. The lowest BCUT2D eigenvalue weighted by molar-refractivity contribution is -0.0895. The lowest BCUT2D eigenvalue weighted by Crippen LogP contribution is -2.50. The average molecular weight is 348 g/mol. The van der Waals surface area contributed by atoms with E-state index in [1.807, 2.05) is 24.1 Å². The van der Waals surface area contributed by atoms with E-state index < -0.39 is 0 Å². The van der Waals surface area contributed by atoms with Crippen LogP contribution in [0.1, 0.15) is 23.5 Å². The number of aryl methyl sites for hydroxylation is 1. The van der Waals surface area contributed by atoms with Gasteiger partial charge >= 0.3 is 0 Å². The zero-order valence-corrected chi connectivity index (χ0v) is 14.8. The number of hydrogen-bond acceptors (Lipinski definition) is 6. The third kappa shape index (κ3) is 3.39. The molecule has 3 atom stereocenters. The molecule has 0 spiro atoms. The van der Waals surface area contributed by atoms with Crippen molar-refractivity contribution in [3.63, 3.8) is 0 Å². The Hall–Kier alpha value is -1.28. The summed E-state index contributed by atoms with van der Waals surface area (Å²) in [5.74, 6) is 0.490. The fraction of sp³-hybridized carbons (Fsp3) is 0.647. The minimum absolute atomic E-state index is 0.295. The molecule has 0 N–H and O–H groups in total. The SMILES string of the molecule is Cn1cncc1CN1CCO[C@@H]2[C@H](COCc3nccs3)CC[C@@H]21. The number of fused-ring (bicyclic) bond motifs is 1. The summed E-state index contributed by atoms with van der Waals surface area (Å²) in [6.45, 7) is 4.14. The predicted molar refractivity (Wildman–Crippen MR) is 91.6 cm³/mol. The molecule has 0 aromatic carbocycles. The molecule has 3 heterocycles. The minimum atomic E-state index is 0.295. The van der Waals surface area contributed by atoms with Crippen LogP contribution in [0.3, 0.4) is 0 Å². The fourth-order valence-electron chi connectivity index (χ4n) is 3.88. The molecular formula is C17H24N4O2S. The minimum Gasteiger partial charge on any atom is -0.375 e. The van der Waals surface area contributed by atoms with E-state index in [2.05, 4.69) is 26.5 Å². The van der Waals surface area contributed by atoms with E-state index in [4.69, 9.17) is 9.47 Å². The van der Waals surface area contributed by atoms with E-state index in [1.54, 1.807) is 11.3 Å². The number of ether oxygens (including phenoxy) is 2. The van der Waals surface area contributed by atoms with Gasteiger partial charge in [-0.3, -0.25) is 4.90 Å². The van der Waals surface area contributed by atoms with E-state index >= 15 is 0 Å². The summed E-state index contributed by atoms with van der Waals surface area (Å²) in [6, 6.07) is 0.502. The molecule has 130 valence electrons. The largest absolute Gasteiger partial charge is 0.375 e. The average Bonchev–Trinajstić information content (AvgIpc) is 3.31. The Morgan fingerprint density at radius 2 is 2.38 bits per heavy atom. The van der Waals surface area contributed by atoms with Gasteiger partial charge in [-0.1, -0.05) is 0 Å². The van der Waals surface area contributed by atoms with Gasteiger partial charge in [0.1, 0.15) is 5.01 Å². The van der Waals surface area contributed by atoms with Crippen LogP contribution in [0.25, 0.3) is 0 Å². The number of rotatable bonds is 6. The lowest BCUT2D eigenvalue weighted by Gasteiger charge is -2.39. The highest BCUT2D eigenvalue weighted by molar-refractivity contribution is 7.09. The Morgan fingerprint density at radius 3 is 3.17 bits per heavy atom. The Bertz CT molecular complexity index is 645. The van der Waals surface area contributed by atoms with Crippen LogP contribution in [0.5, 0.6) is 0 Å². The van der Waals surface area contributed by atoms with E-state index in [9.17, 15) is 0 Å². The summed E-state index contributed by atoms with van der Waals surface area (Å²) >= 11 is 1.65. The van der Waals surface area contributed by atoms with Gasteiger partial charge in [0, 0.05) is 49.9 Å². The zero-order chi connectivity index (χ0) is 16.4. The van der Waals surface area contributed by atoms with E-state index in [-0.39, 0.29) is 0 Å². The van der Waals surface area contributed by atoms with Crippen molar-refractivity contribution < 1.29 is 9.47 Å². The van der Waals surface area contributed by atoms with Crippen LogP contribution < -0.4 is 0 Å². The molecule has 1 aliphatic carbocycles. The molecule has 0 bridgehead atoms. The Balaban J connectivity index is 1.33. The van der Waals surface area contributed by atoms with Gasteiger partial charge in [0.25, 0.3) is 0 Å². The molecule has 0 unspecified atom stereocenters. The molecule has 1 aliphatic heterocycles.